The number of H-pyrrole nitrogens is 1. The Kier molecular flexibility index (Phi) is 3.55. The van der Waals surface area contributed by atoms with E-state index in [4.69, 9.17) is 0 Å². The normalized spacial score (nSPS) is 23.2. The van der Waals surface area contributed by atoms with E-state index in [1.54, 1.807) is 0 Å². The molecule has 1 saturated carbocycles. The quantitative estimate of drug-likeness (QED) is 0.858. The highest BCUT2D eigenvalue weighted by Gasteiger charge is 2.30. The van der Waals surface area contributed by atoms with E-state index in [2.05, 4.69) is 20.4 Å². The van der Waals surface area contributed by atoms with Gasteiger partial charge in [-0.15, -0.1) is 0 Å². The second-order valence-electron chi connectivity index (χ2n) is 5.80. The van der Waals surface area contributed by atoms with E-state index in [1.165, 1.54) is 5.56 Å². The van der Waals surface area contributed by atoms with Crippen molar-refractivity contribution in [1.82, 2.24) is 20.4 Å². The SMILES string of the molecule is CC(C(=O)NC1CC1)N1CCC(c2cn[nH]c2)CC1. The number of amides is 1. The van der Waals surface area contributed by atoms with Crippen molar-refractivity contribution in [3.63, 3.8) is 0 Å². The molecule has 5 heteroatoms. The van der Waals surface area contributed by atoms with Crippen molar-refractivity contribution in [2.75, 3.05) is 13.1 Å². The highest BCUT2D eigenvalue weighted by atomic mass is 16.2. The van der Waals surface area contributed by atoms with Gasteiger partial charge in [0.05, 0.1) is 12.2 Å². The zero-order chi connectivity index (χ0) is 13.2. The molecule has 1 amide bonds. The first kappa shape index (κ1) is 12.7. The lowest BCUT2D eigenvalue weighted by Gasteiger charge is -2.35. The third kappa shape index (κ3) is 2.97. The van der Waals surface area contributed by atoms with Crippen LogP contribution in [-0.4, -0.2) is 46.2 Å². The molecule has 1 aliphatic carbocycles. The van der Waals surface area contributed by atoms with Crippen molar-refractivity contribution >= 4 is 5.91 Å². The van der Waals surface area contributed by atoms with E-state index in [9.17, 15) is 4.79 Å². The maximum absolute atomic E-state index is 12.0. The van der Waals surface area contributed by atoms with E-state index in [0.717, 1.165) is 38.8 Å². The summed E-state index contributed by atoms with van der Waals surface area (Å²) in [5, 5.41) is 9.99. The van der Waals surface area contributed by atoms with Gasteiger partial charge < -0.3 is 5.32 Å². The van der Waals surface area contributed by atoms with Gasteiger partial charge in [0.25, 0.3) is 0 Å². The Hall–Kier alpha value is -1.36. The Balaban J connectivity index is 1.50. The highest BCUT2D eigenvalue weighted by Crippen LogP contribution is 2.28. The van der Waals surface area contributed by atoms with Crippen LogP contribution in [-0.2, 0) is 4.79 Å². The van der Waals surface area contributed by atoms with Crippen LogP contribution in [0.15, 0.2) is 12.4 Å². The van der Waals surface area contributed by atoms with Gasteiger partial charge in [-0.05, 0) is 57.2 Å². The van der Waals surface area contributed by atoms with Crippen LogP contribution in [0.25, 0.3) is 0 Å². The van der Waals surface area contributed by atoms with Gasteiger partial charge in [0.15, 0.2) is 0 Å². The molecule has 0 aromatic carbocycles. The van der Waals surface area contributed by atoms with Crippen LogP contribution < -0.4 is 5.32 Å². The minimum atomic E-state index is 0.00546. The fraction of sp³-hybridized carbons (Fsp3) is 0.714. The molecule has 19 heavy (non-hydrogen) atoms. The first-order chi connectivity index (χ1) is 9.24. The van der Waals surface area contributed by atoms with Crippen molar-refractivity contribution in [2.45, 2.75) is 50.6 Å². The van der Waals surface area contributed by atoms with E-state index in [0.29, 0.717) is 12.0 Å². The van der Waals surface area contributed by atoms with Gasteiger partial charge in [0.1, 0.15) is 0 Å². The van der Waals surface area contributed by atoms with Crippen molar-refractivity contribution in [3.8, 4) is 0 Å². The van der Waals surface area contributed by atoms with Crippen molar-refractivity contribution in [1.29, 1.82) is 0 Å². The van der Waals surface area contributed by atoms with Crippen LogP contribution in [0.2, 0.25) is 0 Å². The van der Waals surface area contributed by atoms with Gasteiger partial charge >= 0.3 is 0 Å². The lowest BCUT2D eigenvalue weighted by atomic mass is 9.91. The second kappa shape index (κ2) is 5.33. The number of rotatable bonds is 4. The lowest BCUT2D eigenvalue weighted by molar-refractivity contribution is -0.126. The molecule has 5 nitrogen and oxygen atoms in total. The fourth-order valence-electron chi connectivity index (χ4n) is 2.82. The average Bonchev–Trinajstić information content (AvgIpc) is 3.08. The molecule has 0 spiro atoms. The number of nitrogens with zero attached hydrogens (tertiary/aromatic N) is 2. The van der Waals surface area contributed by atoms with Gasteiger partial charge in [-0.25, -0.2) is 0 Å². The van der Waals surface area contributed by atoms with E-state index in [-0.39, 0.29) is 11.9 Å². The van der Waals surface area contributed by atoms with Crippen LogP contribution in [0.3, 0.4) is 0 Å². The Labute approximate surface area is 113 Å². The van der Waals surface area contributed by atoms with Crippen LogP contribution in [0.5, 0.6) is 0 Å². The van der Waals surface area contributed by atoms with E-state index < -0.39 is 0 Å². The molecular formula is C14H22N4O. The predicted molar refractivity (Wildman–Crippen MR) is 72.8 cm³/mol. The molecule has 1 atom stereocenters. The monoisotopic (exact) mass is 262 g/mol. The van der Waals surface area contributed by atoms with E-state index in [1.807, 2.05) is 19.3 Å². The summed E-state index contributed by atoms with van der Waals surface area (Å²) in [5.74, 6) is 0.790. The first-order valence-electron chi connectivity index (χ1n) is 7.27. The molecule has 1 saturated heterocycles. The van der Waals surface area contributed by atoms with E-state index >= 15 is 0 Å². The predicted octanol–water partition coefficient (Wildman–Crippen LogP) is 1.26. The second-order valence-corrected chi connectivity index (χ2v) is 5.80. The number of carbonyl (C=O) groups is 1. The average molecular weight is 262 g/mol. The Bertz CT molecular complexity index is 419. The molecule has 1 aromatic heterocycles. The summed E-state index contributed by atoms with van der Waals surface area (Å²) in [6.07, 6.45) is 8.44. The maximum Gasteiger partial charge on any atom is 0.237 e. The molecule has 2 N–H and O–H groups in total. The summed E-state index contributed by atoms with van der Waals surface area (Å²) in [6.45, 7) is 4.01. The van der Waals surface area contributed by atoms with Crippen LogP contribution >= 0.6 is 0 Å². The maximum atomic E-state index is 12.0. The molecule has 2 aliphatic rings. The number of aromatic amines is 1. The molecule has 1 aliphatic heterocycles. The van der Waals surface area contributed by atoms with Crippen molar-refractivity contribution in [2.24, 2.45) is 0 Å². The molecule has 1 unspecified atom stereocenters. The fourth-order valence-corrected chi connectivity index (χ4v) is 2.82. The van der Waals surface area contributed by atoms with Gasteiger partial charge in [0, 0.05) is 12.2 Å². The van der Waals surface area contributed by atoms with Crippen LogP contribution in [0.4, 0.5) is 0 Å². The third-order valence-corrected chi connectivity index (χ3v) is 4.37. The molecule has 1 aromatic rings. The van der Waals surface area contributed by atoms with Crippen molar-refractivity contribution in [3.05, 3.63) is 18.0 Å². The molecular weight excluding hydrogens is 240 g/mol. The Morgan fingerprint density at radius 2 is 2.16 bits per heavy atom. The van der Waals surface area contributed by atoms with Crippen LogP contribution in [0.1, 0.15) is 44.1 Å². The van der Waals surface area contributed by atoms with Gasteiger partial charge in [-0.3, -0.25) is 14.8 Å². The zero-order valence-corrected chi connectivity index (χ0v) is 11.4. The molecule has 0 radical (unpaired) electrons. The van der Waals surface area contributed by atoms with Gasteiger partial charge in [-0.2, -0.15) is 5.10 Å². The number of aromatic nitrogens is 2. The molecule has 104 valence electrons. The zero-order valence-electron chi connectivity index (χ0n) is 11.4. The summed E-state index contributed by atoms with van der Waals surface area (Å²) in [4.78, 5) is 14.3. The number of nitrogens with one attached hydrogen (secondary N) is 2. The number of hydrogen-bond acceptors (Lipinski definition) is 3. The summed E-state index contributed by atoms with van der Waals surface area (Å²) in [7, 11) is 0. The number of piperidine rings is 1. The first-order valence-corrected chi connectivity index (χ1v) is 7.27. The minimum absolute atomic E-state index is 0.00546. The lowest BCUT2D eigenvalue weighted by Crippen LogP contribution is -2.48. The smallest absolute Gasteiger partial charge is 0.237 e. The van der Waals surface area contributed by atoms with Crippen LogP contribution in [0, 0.1) is 0 Å². The third-order valence-electron chi connectivity index (χ3n) is 4.37. The number of carbonyl (C=O) groups excluding carboxylic acids is 1. The highest BCUT2D eigenvalue weighted by molar-refractivity contribution is 5.81. The van der Waals surface area contributed by atoms with Gasteiger partial charge in [0.2, 0.25) is 5.91 Å². The Morgan fingerprint density at radius 1 is 1.42 bits per heavy atom. The molecule has 2 heterocycles. The summed E-state index contributed by atoms with van der Waals surface area (Å²) in [6, 6.07) is 0.462. The van der Waals surface area contributed by atoms with Gasteiger partial charge in [-0.1, -0.05) is 0 Å². The molecule has 0 bridgehead atoms. The molecule has 2 fully saturated rings. The Morgan fingerprint density at radius 3 is 2.74 bits per heavy atom. The summed E-state index contributed by atoms with van der Waals surface area (Å²) < 4.78 is 0. The standard InChI is InChI=1S/C14H22N4O/c1-10(14(19)17-13-2-3-13)18-6-4-11(5-7-18)12-8-15-16-9-12/h8-11,13H,2-7H2,1H3,(H,15,16)(H,17,19). The molecule has 3 rings (SSSR count). The summed E-state index contributed by atoms with van der Waals surface area (Å²) in [5.41, 5.74) is 1.30. The minimum Gasteiger partial charge on any atom is -0.352 e. The largest absolute Gasteiger partial charge is 0.352 e. The number of hydrogen-bond donors (Lipinski definition) is 2. The van der Waals surface area contributed by atoms with Crippen molar-refractivity contribution < 1.29 is 4.79 Å². The summed E-state index contributed by atoms with van der Waals surface area (Å²) >= 11 is 0. The topological polar surface area (TPSA) is 61.0 Å². The number of likely N-dealkylation sites (tertiary alicyclic amines) is 1.